The molecule has 4 aromatic rings. The van der Waals surface area contributed by atoms with Gasteiger partial charge in [-0.25, -0.2) is 14.5 Å². The van der Waals surface area contributed by atoms with E-state index in [9.17, 15) is 0 Å². The maximum absolute atomic E-state index is 5.97. The molecule has 8 heteroatoms. The van der Waals surface area contributed by atoms with Crippen molar-refractivity contribution in [2.24, 2.45) is 10.2 Å². The van der Waals surface area contributed by atoms with Crippen molar-refractivity contribution in [1.29, 1.82) is 0 Å². The Balaban J connectivity index is 1.84. The van der Waals surface area contributed by atoms with Crippen LogP contribution >= 0.6 is 11.3 Å². The Morgan fingerprint density at radius 1 is 1.12 bits per heavy atom. The highest BCUT2D eigenvalue weighted by Crippen LogP contribution is 2.36. The zero-order chi connectivity index (χ0) is 16.8. The minimum absolute atomic E-state index is 0.307. The average molecular weight is 337 g/mol. The van der Waals surface area contributed by atoms with Crippen molar-refractivity contribution < 1.29 is 0 Å². The summed E-state index contributed by atoms with van der Waals surface area (Å²) in [5, 5.41) is 15.9. The molecule has 0 aliphatic carbocycles. The predicted molar refractivity (Wildman–Crippen MR) is 95.4 cm³/mol. The summed E-state index contributed by atoms with van der Waals surface area (Å²) in [4.78, 5) is 9.95. The molecule has 0 aromatic carbocycles. The molecule has 0 atom stereocenters. The third-order valence-corrected chi connectivity index (χ3v) is 4.59. The molecule has 0 amide bonds. The van der Waals surface area contributed by atoms with Crippen molar-refractivity contribution in [3.8, 4) is 0 Å². The van der Waals surface area contributed by atoms with Crippen molar-refractivity contribution in [3.63, 3.8) is 0 Å². The van der Waals surface area contributed by atoms with Gasteiger partial charge < -0.3 is 5.73 Å². The number of pyridine rings is 1. The second-order valence-electron chi connectivity index (χ2n) is 5.65. The molecule has 0 aliphatic heterocycles. The van der Waals surface area contributed by atoms with Crippen LogP contribution in [-0.2, 0) is 0 Å². The third-order valence-electron chi connectivity index (χ3n) is 3.73. The number of thiophene rings is 1. The lowest BCUT2D eigenvalue weighted by Gasteiger charge is -1.99. The summed E-state index contributed by atoms with van der Waals surface area (Å²) >= 11 is 1.56. The van der Waals surface area contributed by atoms with E-state index in [1.54, 1.807) is 15.9 Å². The molecule has 4 rings (SSSR count). The van der Waals surface area contributed by atoms with Crippen LogP contribution < -0.4 is 5.73 Å². The number of aryl methyl sites for hydroxylation is 3. The van der Waals surface area contributed by atoms with Gasteiger partial charge in [0.25, 0.3) is 0 Å². The minimum atomic E-state index is 0.307. The highest BCUT2D eigenvalue weighted by Gasteiger charge is 2.13. The van der Waals surface area contributed by atoms with Crippen molar-refractivity contribution >= 4 is 44.4 Å². The molecule has 7 nitrogen and oxygen atoms in total. The molecular formula is C16H15N7S. The summed E-state index contributed by atoms with van der Waals surface area (Å²) in [6.45, 7) is 5.95. The second-order valence-corrected chi connectivity index (χ2v) is 6.51. The van der Waals surface area contributed by atoms with Gasteiger partial charge in [-0.15, -0.1) is 26.7 Å². The molecule has 4 aromatic heterocycles. The zero-order valence-electron chi connectivity index (χ0n) is 13.5. The van der Waals surface area contributed by atoms with Gasteiger partial charge in [0.2, 0.25) is 0 Å². The van der Waals surface area contributed by atoms with Gasteiger partial charge in [-0.05, 0) is 38.5 Å². The van der Waals surface area contributed by atoms with Gasteiger partial charge >= 0.3 is 0 Å². The second kappa shape index (κ2) is 5.34. The topological polar surface area (TPSA) is 93.8 Å². The van der Waals surface area contributed by atoms with Crippen LogP contribution in [0.2, 0.25) is 0 Å². The normalized spacial score (nSPS) is 12.0. The van der Waals surface area contributed by atoms with Crippen LogP contribution in [0, 0.1) is 20.8 Å². The van der Waals surface area contributed by atoms with E-state index in [0.717, 1.165) is 32.9 Å². The number of azo groups is 1. The van der Waals surface area contributed by atoms with E-state index in [4.69, 9.17) is 5.73 Å². The fourth-order valence-electron chi connectivity index (χ4n) is 2.67. The van der Waals surface area contributed by atoms with Crippen LogP contribution in [-0.4, -0.2) is 19.6 Å². The number of fused-ring (bicyclic) bond motifs is 2. The van der Waals surface area contributed by atoms with Gasteiger partial charge in [-0.3, -0.25) is 0 Å². The third kappa shape index (κ3) is 2.31. The Morgan fingerprint density at radius 2 is 1.96 bits per heavy atom. The summed E-state index contributed by atoms with van der Waals surface area (Å²) in [6.07, 6.45) is 1.81. The van der Waals surface area contributed by atoms with Crippen LogP contribution in [0.5, 0.6) is 0 Å². The van der Waals surface area contributed by atoms with Crippen LogP contribution in [0.3, 0.4) is 0 Å². The molecule has 0 aliphatic rings. The van der Waals surface area contributed by atoms with Gasteiger partial charge in [-0.1, -0.05) is 0 Å². The molecule has 2 N–H and O–H groups in total. The van der Waals surface area contributed by atoms with E-state index < -0.39 is 0 Å². The van der Waals surface area contributed by atoms with Gasteiger partial charge in [0, 0.05) is 28.4 Å². The first-order valence-electron chi connectivity index (χ1n) is 7.41. The van der Waals surface area contributed by atoms with Crippen LogP contribution in [0.25, 0.3) is 15.9 Å². The Hall–Kier alpha value is -2.87. The Morgan fingerprint density at radius 3 is 2.79 bits per heavy atom. The van der Waals surface area contributed by atoms with Gasteiger partial charge in [0.1, 0.15) is 10.5 Å². The highest BCUT2D eigenvalue weighted by atomic mass is 32.1. The zero-order valence-corrected chi connectivity index (χ0v) is 14.3. The Bertz CT molecular complexity index is 1110. The van der Waals surface area contributed by atoms with E-state index in [0.29, 0.717) is 17.2 Å². The molecular weight excluding hydrogens is 322 g/mol. The molecule has 0 unspecified atom stereocenters. The standard InChI is InChI=1S/C16H15N7S/c1-8-6-10(3)19-16-12(8)11(7-24-16)20-21-13-14(17)22-23-5-4-9(2)18-15(13)23/h4-7H,1-3H3,(H2,17,22). The fraction of sp³-hybridized carbons (Fsp3) is 0.188. The smallest absolute Gasteiger partial charge is 0.185 e. The van der Waals surface area contributed by atoms with Gasteiger partial charge in [0.05, 0.1) is 0 Å². The molecule has 0 radical (unpaired) electrons. The molecule has 0 saturated carbocycles. The van der Waals surface area contributed by atoms with Crippen molar-refractivity contribution in [2.45, 2.75) is 20.8 Å². The summed E-state index contributed by atoms with van der Waals surface area (Å²) in [5.41, 5.74) is 10.8. The maximum Gasteiger partial charge on any atom is 0.185 e. The van der Waals surface area contributed by atoms with E-state index in [-0.39, 0.29) is 0 Å². The number of hydrogen-bond donors (Lipinski definition) is 1. The molecule has 0 bridgehead atoms. The van der Waals surface area contributed by atoms with Crippen LogP contribution in [0.4, 0.5) is 17.2 Å². The minimum Gasteiger partial charge on any atom is -0.380 e. The fourth-order valence-corrected chi connectivity index (χ4v) is 3.64. The number of nitrogens with two attached hydrogens (primary N) is 1. The van der Waals surface area contributed by atoms with E-state index in [1.807, 2.05) is 37.6 Å². The molecule has 0 saturated heterocycles. The molecule has 120 valence electrons. The van der Waals surface area contributed by atoms with Crippen molar-refractivity contribution in [2.75, 3.05) is 5.73 Å². The Labute approximate surface area is 141 Å². The number of rotatable bonds is 2. The van der Waals surface area contributed by atoms with Crippen LogP contribution in [0.1, 0.15) is 17.0 Å². The molecule has 0 spiro atoms. The lowest BCUT2D eigenvalue weighted by Crippen LogP contribution is -1.91. The first kappa shape index (κ1) is 14.7. The summed E-state index contributed by atoms with van der Waals surface area (Å²) in [7, 11) is 0. The number of nitrogen functional groups attached to an aromatic ring is 1. The maximum atomic E-state index is 5.97. The quantitative estimate of drug-likeness (QED) is 0.553. The summed E-state index contributed by atoms with van der Waals surface area (Å²) < 4.78 is 1.61. The summed E-state index contributed by atoms with van der Waals surface area (Å²) in [5.74, 6) is 0.307. The first-order valence-corrected chi connectivity index (χ1v) is 8.29. The first-order chi connectivity index (χ1) is 11.5. The van der Waals surface area contributed by atoms with Crippen molar-refractivity contribution in [1.82, 2.24) is 19.6 Å². The highest BCUT2D eigenvalue weighted by molar-refractivity contribution is 7.17. The molecule has 4 heterocycles. The number of nitrogens with zero attached hydrogens (tertiary/aromatic N) is 6. The predicted octanol–water partition coefficient (Wildman–Crippen LogP) is 4.26. The molecule has 24 heavy (non-hydrogen) atoms. The van der Waals surface area contributed by atoms with Crippen molar-refractivity contribution in [3.05, 3.63) is 40.7 Å². The number of aromatic nitrogens is 4. The lowest BCUT2D eigenvalue weighted by atomic mass is 10.2. The largest absolute Gasteiger partial charge is 0.380 e. The molecule has 0 fully saturated rings. The monoisotopic (exact) mass is 337 g/mol. The van der Waals surface area contributed by atoms with Crippen LogP contribution in [0.15, 0.2) is 33.9 Å². The number of hydrogen-bond acceptors (Lipinski definition) is 7. The SMILES string of the molecule is Cc1cc(C)c2c(N=Nc3c(N)nn4ccc(C)nc34)csc2n1. The lowest BCUT2D eigenvalue weighted by molar-refractivity contribution is 0.935. The Kier molecular flexibility index (Phi) is 3.27. The summed E-state index contributed by atoms with van der Waals surface area (Å²) in [6, 6.07) is 3.91. The number of anilines is 1. The average Bonchev–Trinajstić information content (AvgIpc) is 3.05. The van der Waals surface area contributed by atoms with Gasteiger partial charge in [-0.2, -0.15) is 0 Å². The van der Waals surface area contributed by atoms with Gasteiger partial charge in [0.15, 0.2) is 17.2 Å². The van der Waals surface area contributed by atoms with E-state index in [1.165, 1.54) is 0 Å². The van der Waals surface area contributed by atoms with E-state index >= 15 is 0 Å². The van der Waals surface area contributed by atoms with E-state index in [2.05, 4.69) is 32.2 Å².